The molecule has 0 spiro atoms. The van der Waals surface area contributed by atoms with Crippen LogP contribution in [0.2, 0.25) is 0 Å². The number of methoxy groups -OCH3 is 1. The second-order valence-electron chi connectivity index (χ2n) is 7.74. The summed E-state index contributed by atoms with van der Waals surface area (Å²) in [6.07, 6.45) is 7.37. The van der Waals surface area contributed by atoms with Crippen molar-refractivity contribution in [2.75, 3.05) is 13.9 Å². The minimum Gasteiger partial charge on any atom is -0.381 e. The summed E-state index contributed by atoms with van der Waals surface area (Å²) in [6.45, 7) is 8.51. The molecule has 128 valence electrons. The molecular weight excluding hydrogens is 292 g/mol. The third-order valence-corrected chi connectivity index (χ3v) is 6.77. The fourth-order valence-electron chi connectivity index (χ4n) is 5.57. The van der Waals surface area contributed by atoms with Gasteiger partial charge in [-0.25, -0.2) is 0 Å². The largest absolute Gasteiger partial charge is 0.381 e. The average Bonchev–Trinajstić information content (AvgIpc) is 2.86. The number of ketones is 1. The summed E-state index contributed by atoms with van der Waals surface area (Å²) in [6, 6.07) is 0. The van der Waals surface area contributed by atoms with E-state index in [0.717, 1.165) is 25.7 Å². The van der Waals surface area contributed by atoms with Crippen molar-refractivity contribution >= 4 is 5.78 Å². The van der Waals surface area contributed by atoms with Gasteiger partial charge in [0.2, 0.25) is 0 Å². The number of ether oxygens (including phenoxy) is 2. The lowest BCUT2D eigenvalue weighted by Gasteiger charge is -2.49. The van der Waals surface area contributed by atoms with Gasteiger partial charge in [0.15, 0.2) is 5.78 Å². The maximum Gasteiger partial charge on any atom is 0.161 e. The lowest BCUT2D eigenvalue weighted by Crippen LogP contribution is -2.58. The summed E-state index contributed by atoms with van der Waals surface area (Å²) in [5.41, 5.74) is -1.49. The van der Waals surface area contributed by atoms with E-state index in [4.69, 9.17) is 9.47 Å². The number of rotatable bonds is 5. The standard InChI is InChI=1S/C19H28O4/c1-5-18-11-10-14(17(18,2)3)16(23-12-22-4)19(18,21)13-8-6-7-9-15(13)20/h5,8,14,16,21H,1,6-7,9-12H2,2-4H3/t14-,16-,18-,19-/m1/s1. The predicted molar refractivity (Wildman–Crippen MR) is 87.8 cm³/mol. The third kappa shape index (κ3) is 1.92. The second-order valence-corrected chi connectivity index (χ2v) is 7.74. The molecule has 3 aliphatic rings. The van der Waals surface area contributed by atoms with E-state index >= 15 is 0 Å². The van der Waals surface area contributed by atoms with Crippen molar-refractivity contribution in [3.8, 4) is 0 Å². The zero-order chi connectivity index (χ0) is 16.9. The van der Waals surface area contributed by atoms with Gasteiger partial charge in [0, 0.05) is 24.5 Å². The van der Waals surface area contributed by atoms with Gasteiger partial charge >= 0.3 is 0 Å². The first kappa shape index (κ1) is 16.9. The van der Waals surface area contributed by atoms with Crippen LogP contribution in [0.4, 0.5) is 0 Å². The Hall–Kier alpha value is -0.970. The van der Waals surface area contributed by atoms with Crippen LogP contribution < -0.4 is 0 Å². The molecule has 4 atom stereocenters. The van der Waals surface area contributed by atoms with E-state index in [1.807, 2.05) is 12.2 Å². The van der Waals surface area contributed by atoms with E-state index in [0.29, 0.717) is 12.0 Å². The summed E-state index contributed by atoms with van der Waals surface area (Å²) >= 11 is 0. The Kier molecular flexibility index (Phi) is 4.06. The van der Waals surface area contributed by atoms with Crippen LogP contribution in [-0.2, 0) is 14.3 Å². The number of hydrogen-bond donors (Lipinski definition) is 1. The Labute approximate surface area is 138 Å². The molecule has 0 unspecified atom stereocenters. The van der Waals surface area contributed by atoms with Crippen LogP contribution >= 0.6 is 0 Å². The molecule has 4 heteroatoms. The average molecular weight is 320 g/mol. The first-order valence-electron chi connectivity index (χ1n) is 8.57. The van der Waals surface area contributed by atoms with E-state index in [9.17, 15) is 9.90 Å². The highest BCUT2D eigenvalue weighted by Crippen LogP contribution is 2.72. The molecule has 3 rings (SSSR count). The smallest absolute Gasteiger partial charge is 0.161 e. The highest BCUT2D eigenvalue weighted by molar-refractivity contribution is 5.98. The first-order valence-corrected chi connectivity index (χ1v) is 8.57. The molecule has 0 amide bonds. The van der Waals surface area contributed by atoms with Gasteiger partial charge in [-0.15, -0.1) is 6.58 Å². The predicted octanol–water partition coefficient (Wildman–Crippen LogP) is 3.01. The number of allylic oxidation sites excluding steroid dienone is 1. The van der Waals surface area contributed by atoms with Gasteiger partial charge in [-0.3, -0.25) is 4.79 Å². The summed E-state index contributed by atoms with van der Waals surface area (Å²) in [4.78, 5) is 12.6. The monoisotopic (exact) mass is 320 g/mol. The van der Waals surface area contributed by atoms with Crippen LogP contribution in [-0.4, -0.2) is 36.5 Å². The van der Waals surface area contributed by atoms with E-state index in [-0.39, 0.29) is 23.9 Å². The van der Waals surface area contributed by atoms with Crippen molar-refractivity contribution in [2.45, 2.75) is 57.7 Å². The van der Waals surface area contributed by atoms with Gasteiger partial charge in [0.05, 0.1) is 6.10 Å². The van der Waals surface area contributed by atoms with Crippen molar-refractivity contribution < 1.29 is 19.4 Å². The van der Waals surface area contributed by atoms with Gasteiger partial charge < -0.3 is 14.6 Å². The van der Waals surface area contributed by atoms with Crippen LogP contribution in [0, 0.1) is 16.7 Å². The molecular formula is C19H28O4. The lowest BCUT2D eigenvalue weighted by atomic mass is 9.59. The fourth-order valence-corrected chi connectivity index (χ4v) is 5.57. The minimum absolute atomic E-state index is 0.0503. The molecule has 2 bridgehead atoms. The summed E-state index contributed by atoms with van der Waals surface area (Å²) < 4.78 is 11.0. The number of fused-ring (bicyclic) bond motifs is 2. The third-order valence-electron chi connectivity index (χ3n) is 6.77. The van der Waals surface area contributed by atoms with E-state index in [1.54, 1.807) is 7.11 Å². The molecule has 4 nitrogen and oxygen atoms in total. The topological polar surface area (TPSA) is 55.8 Å². The zero-order valence-electron chi connectivity index (χ0n) is 14.4. The van der Waals surface area contributed by atoms with Crippen molar-refractivity contribution in [3.63, 3.8) is 0 Å². The zero-order valence-corrected chi connectivity index (χ0v) is 14.4. The van der Waals surface area contributed by atoms with Crippen LogP contribution in [0.25, 0.3) is 0 Å². The number of Topliss-reactive ketones (excluding diaryl/α,β-unsaturated/α-hetero) is 1. The molecule has 0 heterocycles. The van der Waals surface area contributed by atoms with Crippen LogP contribution in [0.5, 0.6) is 0 Å². The highest BCUT2D eigenvalue weighted by atomic mass is 16.7. The summed E-state index contributed by atoms with van der Waals surface area (Å²) in [5, 5.41) is 11.9. The maximum atomic E-state index is 12.6. The number of carbonyl (C=O) groups is 1. The van der Waals surface area contributed by atoms with Gasteiger partial charge in [-0.1, -0.05) is 26.0 Å². The van der Waals surface area contributed by atoms with E-state index in [1.165, 1.54) is 0 Å². The maximum absolute atomic E-state index is 12.6. The fraction of sp³-hybridized carbons (Fsp3) is 0.737. The Bertz CT molecular complexity index is 550. The van der Waals surface area contributed by atoms with Crippen molar-refractivity contribution in [1.29, 1.82) is 0 Å². The SMILES string of the molecule is C=C[C@]12CC[C@H]([C@@H](OCOC)[C@]1(O)C1=CCCCC1=O)C2(C)C. The molecule has 2 saturated carbocycles. The van der Waals surface area contributed by atoms with Crippen molar-refractivity contribution in [1.82, 2.24) is 0 Å². The summed E-state index contributed by atoms with van der Waals surface area (Å²) in [5.74, 6) is 0.227. The Morgan fingerprint density at radius 3 is 2.83 bits per heavy atom. The van der Waals surface area contributed by atoms with Crippen LogP contribution in [0.3, 0.4) is 0 Å². The van der Waals surface area contributed by atoms with Gasteiger partial charge in [0.25, 0.3) is 0 Å². The quantitative estimate of drug-likeness (QED) is 0.625. The van der Waals surface area contributed by atoms with Crippen LogP contribution in [0.15, 0.2) is 24.3 Å². The Morgan fingerprint density at radius 2 is 2.22 bits per heavy atom. The molecule has 23 heavy (non-hydrogen) atoms. The number of aliphatic hydroxyl groups is 1. The Morgan fingerprint density at radius 1 is 1.48 bits per heavy atom. The molecule has 0 saturated heterocycles. The second kappa shape index (κ2) is 5.54. The van der Waals surface area contributed by atoms with E-state index in [2.05, 4.69) is 20.4 Å². The molecule has 0 aliphatic heterocycles. The highest BCUT2D eigenvalue weighted by Gasteiger charge is 2.76. The van der Waals surface area contributed by atoms with Gasteiger partial charge in [-0.05, 0) is 37.0 Å². The molecule has 3 aliphatic carbocycles. The molecule has 1 N–H and O–H groups in total. The molecule has 0 aromatic heterocycles. The first-order chi connectivity index (χ1) is 10.9. The summed E-state index contributed by atoms with van der Waals surface area (Å²) in [7, 11) is 1.58. The Balaban J connectivity index is 2.15. The molecule has 2 fully saturated rings. The number of carbonyl (C=O) groups excluding carboxylic acids is 1. The van der Waals surface area contributed by atoms with Gasteiger partial charge in [-0.2, -0.15) is 0 Å². The van der Waals surface area contributed by atoms with Crippen LogP contribution in [0.1, 0.15) is 46.0 Å². The molecule has 0 aromatic rings. The molecule has 0 radical (unpaired) electrons. The van der Waals surface area contributed by atoms with Gasteiger partial charge in [0.1, 0.15) is 12.4 Å². The number of hydrogen-bond acceptors (Lipinski definition) is 4. The lowest BCUT2D eigenvalue weighted by molar-refractivity contribution is -0.174. The minimum atomic E-state index is -1.31. The van der Waals surface area contributed by atoms with Crippen molar-refractivity contribution in [2.24, 2.45) is 16.7 Å². The normalized spacial score (nSPS) is 41.9. The van der Waals surface area contributed by atoms with Crippen molar-refractivity contribution in [3.05, 3.63) is 24.3 Å². The van der Waals surface area contributed by atoms with E-state index < -0.39 is 17.1 Å². The molecule has 0 aromatic carbocycles.